The van der Waals surface area contributed by atoms with Crippen molar-refractivity contribution in [1.29, 1.82) is 0 Å². The van der Waals surface area contributed by atoms with Crippen molar-refractivity contribution in [2.45, 2.75) is 39.3 Å². The van der Waals surface area contributed by atoms with Gasteiger partial charge in [-0.3, -0.25) is 0 Å². The number of hydrogen-bond acceptors (Lipinski definition) is 3. The molecule has 0 aliphatic carbocycles. The number of rotatable bonds is 6. The van der Waals surface area contributed by atoms with Gasteiger partial charge in [0.15, 0.2) is 0 Å². The quantitative estimate of drug-likeness (QED) is 0.722. The third kappa shape index (κ3) is 4.49. The van der Waals surface area contributed by atoms with Gasteiger partial charge in [-0.15, -0.1) is 0 Å². The molecule has 0 spiro atoms. The Labute approximate surface area is 94.2 Å². The van der Waals surface area contributed by atoms with E-state index < -0.39 is 0 Å². The highest BCUT2D eigenvalue weighted by Gasteiger charge is 2.23. The number of likely N-dealkylation sites (tertiary alicyclic amines) is 1. The molecular formula is C12H26N2O. The molecule has 1 fully saturated rings. The summed E-state index contributed by atoms with van der Waals surface area (Å²) in [7, 11) is 1.76. The Kier molecular flexibility index (Phi) is 5.58. The zero-order valence-corrected chi connectivity index (χ0v) is 10.6. The lowest BCUT2D eigenvalue weighted by molar-refractivity contribution is 0.169. The van der Waals surface area contributed by atoms with Crippen LogP contribution < -0.4 is 5.32 Å². The van der Waals surface area contributed by atoms with Crippen LogP contribution in [0.5, 0.6) is 0 Å². The molecule has 1 rings (SSSR count). The summed E-state index contributed by atoms with van der Waals surface area (Å²) in [6.45, 7) is 11.2. The van der Waals surface area contributed by atoms with Crippen LogP contribution in [0.4, 0.5) is 0 Å². The normalized spacial score (nSPS) is 25.0. The van der Waals surface area contributed by atoms with E-state index >= 15 is 0 Å². The second-order valence-corrected chi connectivity index (χ2v) is 5.01. The first-order valence-corrected chi connectivity index (χ1v) is 6.09. The van der Waals surface area contributed by atoms with Crippen molar-refractivity contribution in [3.05, 3.63) is 0 Å². The zero-order chi connectivity index (χ0) is 11.3. The van der Waals surface area contributed by atoms with Crippen molar-refractivity contribution >= 4 is 0 Å². The van der Waals surface area contributed by atoms with Crippen molar-refractivity contribution in [1.82, 2.24) is 10.2 Å². The molecule has 90 valence electrons. The Balaban J connectivity index is 2.13. The first kappa shape index (κ1) is 12.9. The van der Waals surface area contributed by atoms with Crippen LogP contribution in [0.15, 0.2) is 0 Å². The minimum atomic E-state index is 0.475. The number of hydrogen-bond donors (Lipinski definition) is 1. The monoisotopic (exact) mass is 214 g/mol. The maximum absolute atomic E-state index is 5.11. The second kappa shape index (κ2) is 6.46. The van der Waals surface area contributed by atoms with E-state index in [4.69, 9.17) is 4.74 Å². The van der Waals surface area contributed by atoms with Crippen LogP contribution in [0.25, 0.3) is 0 Å². The van der Waals surface area contributed by atoms with Crippen molar-refractivity contribution < 1.29 is 4.74 Å². The second-order valence-electron chi connectivity index (χ2n) is 5.01. The number of methoxy groups -OCH3 is 1. The van der Waals surface area contributed by atoms with Crippen LogP contribution >= 0.6 is 0 Å². The lowest BCUT2D eigenvalue weighted by Gasteiger charge is -2.21. The molecule has 0 aromatic carbocycles. The number of nitrogens with zero attached hydrogens (tertiary/aromatic N) is 1. The van der Waals surface area contributed by atoms with Crippen molar-refractivity contribution in [3.63, 3.8) is 0 Å². The van der Waals surface area contributed by atoms with Crippen LogP contribution in [-0.4, -0.2) is 50.3 Å². The molecule has 0 radical (unpaired) electrons. The van der Waals surface area contributed by atoms with Gasteiger partial charge in [-0.1, -0.05) is 0 Å². The topological polar surface area (TPSA) is 24.5 Å². The molecule has 3 nitrogen and oxygen atoms in total. The van der Waals surface area contributed by atoms with Gasteiger partial charge < -0.3 is 15.0 Å². The fraction of sp³-hybridized carbons (Fsp3) is 1.00. The molecule has 2 unspecified atom stereocenters. The summed E-state index contributed by atoms with van der Waals surface area (Å²) in [5.74, 6) is 0.826. The van der Waals surface area contributed by atoms with E-state index in [1.165, 1.54) is 19.5 Å². The number of nitrogens with one attached hydrogen (secondary N) is 1. The lowest BCUT2D eigenvalue weighted by atomic mass is 10.1. The molecule has 1 aliphatic rings. The summed E-state index contributed by atoms with van der Waals surface area (Å²) in [6.07, 6.45) is 1.34. The highest BCUT2D eigenvalue weighted by atomic mass is 16.5. The van der Waals surface area contributed by atoms with Gasteiger partial charge >= 0.3 is 0 Å². The molecule has 1 aliphatic heterocycles. The van der Waals surface area contributed by atoms with Gasteiger partial charge in [-0.05, 0) is 46.2 Å². The van der Waals surface area contributed by atoms with E-state index in [0.717, 1.165) is 19.1 Å². The summed E-state index contributed by atoms with van der Waals surface area (Å²) in [5.41, 5.74) is 0. The Morgan fingerprint density at radius 3 is 2.67 bits per heavy atom. The van der Waals surface area contributed by atoms with E-state index in [0.29, 0.717) is 12.1 Å². The molecule has 1 saturated heterocycles. The van der Waals surface area contributed by atoms with E-state index in [1.54, 1.807) is 7.11 Å². The fourth-order valence-corrected chi connectivity index (χ4v) is 2.18. The lowest BCUT2D eigenvalue weighted by Crippen LogP contribution is -2.36. The molecule has 2 atom stereocenters. The molecule has 0 aromatic heterocycles. The average Bonchev–Trinajstić information content (AvgIpc) is 2.63. The highest BCUT2D eigenvalue weighted by Crippen LogP contribution is 2.17. The van der Waals surface area contributed by atoms with Crippen LogP contribution in [0, 0.1) is 5.92 Å². The molecule has 3 heteroatoms. The summed E-state index contributed by atoms with van der Waals surface area (Å²) < 4.78 is 5.11. The average molecular weight is 214 g/mol. The SMILES string of the molecule is COCC(C)NCC1CCN(C(C)C)C1. The van der Waals surface area contributed by atoms with Crippen molar-refractivity contribution in [3.8, 4) is 0 Å². The Bertz CT molecular complexity index is 173. The van der Waals surface area contributed by atoms with E-state index in [1.807, 2.05) is 0 Å². The van der Waals surface area contributed by atoms with E-state index in [2.05, 4.69) is 31.0 Å². The maximum Gasteiger partial charge on any atom is 0.0613 e. The Morgan fingerprint density at radius 1 is 1.40 bits per heavy atom. The molecule has 15 heavy (non-hydrogen) atoms. The van der Waals surface area contributed by atoms with Crippen LogP contribution in [0.3, 0.4) is 0 Å². The van der Waals surface area contributed by atoms with Gasteiger partial charge in [-0.25, -0.2) is 0 Å². The molecule has 1 N–H and O–H groups in total. The third-order valence-corrected chi connectivity index (χ3v) is 3.22. The summed E-state index contributed by atoms with van der Waals surface area (Å²) >= 11 is 0. The predicted molar refractivity (Wildman–Crippen MR) is 64.2 cm³/mol. The summed E-state index contributed by atoms with van der Waals surface area (Å²) in [5, 5.41) is 3.53. The molecule has 0 bridgehead atoms. The molecule has 0 aromatic rings. The van der Waals surface area contributed by atoms with Gasteiger partial charge in [0, 0.05) is 25.7 Å². The molecule has 0 saturated carbocycles. The van der Waals surface area contributed by atoms with Crippen LogP contribution in [0.2, 0.25) is 0 Å². The van der Waals surface area contributed by atoms with Gasteiger partial charge in [0.05, 0.1) is 6.61 Å². The molecule has 0 amide bonds. The van der Waals surface area contributed by atoms with Crippen LogP contribution in [-0.2, 0) is 4.74 Å². The van der Waals surface area contributed by atoms with Gasteiger partial charge in [-0.2, -0.15) is 0 Å². The first-order valence-electron chi connectivity index (χ1n) is 6.09. The minimum absolute atomic E-state index is 0.475. The molecule has 1 heterocycles. The standard InChI is InChI=1S/C12H26N2O/c1-10(2)14-6-5-12(8-14)7-13-11(3)9-15-4/h10-13H,5-9H2,1-4H3. The van der Waals surface area contributed by atoms with E-state index in [9.17, 15) is 0 Å². The zero-order valence-electron chi connectivity index (χ0n) is 10.6. The highest BCUT2D eigenvalue weighted by molar-refractivity contribution is 4.79. The van der Waals surface area contributed by atoms with Gasteiger partial charge in [0.2, 0.25) is 0 Å². The summed E-state index contributed by atoms with van der Waals surface area (Å²) in [4.78, 5) is 2.56. The molecular weight excluding hydrogens is 188 g/mol. The predicted octanol–water partition coefficient (Wildman–Crippen LogP) is 1.34. The maximum atomic E-state index is 5.11. The van der Waals surface area contributed by atoms with E-state index in [-0.39, 0.29) is 0 Å². The smallest absolute Gasteiger partial charge is 0.0613 e. The minimum Gasteiger partial charge on any atom is -0.383 e. The first-order chi connectivity index (χ1) is 7.13. The van der Waals surface area contributed by atoms with Crippen molar-refractivity contribution in [2.24, 2.45) is 5.92 Å². The Hall–Kier alpha value is -0.120. The Morgan fingerprint density at radius 2 is 2.13 bits per heavy atom. The fourth-order valence-electron chi connectivity index (χ4n) is 2.18. The third-order valence-electron chi connectivity index (χ3n) is 3.22. The van der Waals surface area contributed by atoms with Crippen molar-refractivity contribution in [2.75, 3.05) is 33.4 Å². The summed E-state index contributed by atoms with van der Waals surface area (Å²) in [6, 6.07) is 1.18. The number of ether oxygens (including phenoxy) is 1. The van der Waals surface area contributed by atoms with Crippen LogP contribution in [0.1, 0.15) is 27.2 Å². The van der Waals surface area contributed by atoms with Gasteiger partial charge in [0.1, 0.15) is 0 Å². The van der Waals surface area contributed by atoms with Gasteiger partial charge in [0.25, 0.3) is 0 Å². The largest absolute Gasteiger partial charge is 0.383 e.